The second kappa shape index (κ2) is 8.12. The number of hydrogen-bond acceptors (Lipinski definition) is 5. The summed E-state index contributed by atoms with van der Waals surface area (Å²) in [6, 6.07) is 17.8. The second-order valence-electron chi connectivity index (χ2n) is 6.15. The van der Waals surface area contributed by atoms with Gasteiger partial charge in [-0.1, -0.05) is 48.0 Å². The molecule has 0 spiro atoms. The van der Waals surface area contributed by atoms with E-state index in [-0.39, 0.29) is 0 Å². The lowest BCUT2D eigenvalue weighted by molar-refractivity contribution is -0.119. The van der Waals surface area contributed by atoms with Gasteiger partial charge in [0.2, 0.25) is 0 Å². The maximum atomic E-state index is 12.5. The van der Waals surface area contributed by atoms with Crippen LogP contribution < -0.4 is 5.32 Å². The predicted molar refractivity (Wildman–Crippen MR) is 109 cm³/mol. The molecular weight excluding hydrogens is 392 g/mol. The summed E-state index contributed by atoms with van der Waals surface area (Å²) >= 11 is 6.04. The van der Waals surface area contributed by atoms with Crippen LogP contribution in [0.1, 0.15) is 10.4 Å². The zero-order valence-electron chi connectivity index (χ0n) is 15.1. The Balaban J connectivity index is 1.47. The van der Waals surface area contributed by atoms with E-state index >= 15 is 0 Å². The minimum atomic E-state index is -0.570. The molecule has 29 heavy (non-hydrogen) atoms. The number of benzene rings is 3. The molecule has 0 aliphatic carbocycles. The van der Waals surface area contributed by atoms with E-state index in [0.29, 0.717) is 22.0 Å². The topological polar surface area (TPSA) is 86.1 Å². The minimum absolute atomic E-state index is 0.405. The number of aromatic nitrogens is 3. The van der Waals surface area contributed by atoms with Crippen molar-refractivity contribution in [1.82, 2.24) is 14.8 Å². The van der Waals surface area contributed by atoms with Gasteiger partial charge in [0, 0.05) is 5.02 Å². The number of carbonyl (C=O) groups excluding carboxylic acids is 2. The molecule has 0 saturated heterocycles. The minimum Gasteiger partial charge on any atom is -0.452 e. The van der Waals surface area contributed by atoms with Crippen LogP contribution in [0.25, 0.3) is 16.5 Å². The molecule has 0 fully saturated rings. The fourth-order valence-electron chi connectivity index (χ4n) is 2.94. The van der Waals surface area contributed by atoms with Gasteiger partial charge >= 0.3 is 5.97 Å². The van der Waals surface area contributed by atoms with Crippen LogP contribution >= 0.6 is 11.6 Å². The summed E-state index contributed by atoms with van der Waals surface area (Å²) in [4.78, 5) is 28.7. The molecule has 0 aliphatic rings. The van der Waals surface area contributed by atoms with Gasteiger partial charge < -0.3 is 10.1 Å². The Bertz CT molecular complexity index is 1190. The van der Waals surface area contributed by atoms with E-state index in [1.54, 1.807) is 30.3 Å². The van der Waals surface area contributed by atoms with Gasteiger partial charge in [0.05, 0.1) is 16.9 Å². The molecule has 0 atom stereocenters. The summed E-state index contributed by atoms with van der Waals surface area (Å²) < 4.78 is 6.71. The maximum Gasteiger partial charge on any atom is 0.339 e. The van der Waals surface area contributed by atoms with E-state index < -0.39 is 18.5 Å². The maximum absolute atomic E-state index is 12.5. The fourth-order valence-corrected chi connectivity index (χ4v) is 3.11. The number of esters is 1. The van der Waals surface area contributed by atoms with Gasteiger partial charge in [-0.2, -0.15) is 5.10 Å². The van der Waals surface area contributed by atoms with Crippen molar-refractivity contribution in [3.63, 3.8) is 0 Å². The molecule has 0 saturated carbocycles. The van der Waals surface area contributed by atoms with Gasteiger partial charge in [-0.25, -0.2) is 14.5 Å². The van der Waals surface area contributed by atoms with Gasteiger partial charge in [-0.05, 0) is 35.0 Å². The highest BCUT2D eigenvalue weighted by Crippen LogP contribution is 2.24. The molecule has 0 aliphatic heterocycles. The number of halogens is 1. The molecule has 0 radical (unpaired) electrons. The Hall–Kier alpha value is -3.71. The van der Waals surface area contributed by atoms with Crippen LogP contribution in [0.3, 0.4) is 0 Å². The smallest absolute Gasteiger partial charge is 0.339 e. The van der Waals surface area contributed by atoms with Gasteiger partial charge in [0.1, 0.15) is 12.7 Å². The van der Waals surface area contributed by atoms with E-state index in [1.165, 1.54) is 17.3 Å². The first kappa shape index (κ1) is 18.6. The number of anilines is 1. The number of amides is 1. The summed E-state index contributed by atoms with van der Waals surface area (Å²) in [5.74, 6) is -1.07. The zero-order chi connectivity index (χ0) is 20.2. The van der Waals surface area contributed by atoms with Gasteiger partial charge in [0.15, 0.2) is 6.61 Å². The van der Waals surface area contributed by atoms with Gasteiger partial charge in [-0.3, -0.25) is 4.79 Å². The number of carbonyl (C=O) groups is 2. The Morgan fingerprint density at radius 2 is 1.90 bits per heavy atom. The lowest BCUT2D eigenvalue weighted by atomic mass is 10.1. The Kier molecular flexibility index (Phi) is 5.22. The van der Waals surface area contributed by atoms with Crippen molar-refractivity contribution in [3.05, 3.63) is 83.9 Å². The fraction of sp³-hybridized carbons (Fsp3) is 0.0476. The van der Waals surface area contributed by atoms with Crippen molar-refractivity contribution in [2.45, 2.75) is 0 Å². The molecule has 3 aromatic carbocycles. The van der Waals surface area contributed by atoms with Crippen LogP contribution in [0, 0.1) is 0 Å². The summed E-state index contributed by atoms with van der Waals surface area (Å²) in [5, 5.41) is 8.88. The lowest BCUT2D eigenvalue weighted by Crippen LogP contribution is -2.22. The van der Waals surface area contributed by atoms with Crippen LogP contribution in [0.15, 0.2) is 73.3 Å². The number of fused-ring (bicyclic) bond motifs is 1. The van der Waals surface area contributed by atoms with Crippen molar-refractivity contribution < 1.29 is 14.3 Å². The summed E-state index contributed by atoms with van der Waals surface area (Å²) in [5.41, 5.74) is 1.41. The van der Waals surface area contributed by atoms with Crippen LogP contribution in [-0.2, 0) is 9.53 Å². The molecule has 7 nitrogen and oxygen atoms in total. The van der Waals surface area contributed by atoms with Crippen molar-refractivity contribution in [2.24, 2.45) is 0 Å². The predicted octanol–water partition coefficient (Wildman–Crippen LogP) is 3.87. The zero-order valence-corrected chi connectivity index (χ0v) is 15.8. The summed E-state index contributed by atoms with van der Waals surface area (Å²) in [7, 11) is 0. The number of nitrogens with one attached hydrogen (secondary N) is 1. The summed E-state index contributed by atoms with van der Waals surface area (Å²) in [6.45, 7) is -0.439. The van der Waals surface area contributed by atoms with E-state index in [1.807, 2.05) is 30.3 Å². The van der Waals surface area contributed by atoms with Crippen LogP contribution in [0.2, 0.25) is 5.02 Å². The average molecular weight is 407 g/mol. The number of hydrogen-bond donors (Lipinski definition) is 1. The molecule has 1 N–H and O–H groups in total. The molecule has 8 heteroatoms. The van der Waals surface area contributed by atoms with Gasteiger partial charge in [0.25, 0.3) is 5.91 Å². The van der Waals surface area contributed by atoms with Crippen molar-refractivity contribution in [3.8, 4) is 5.69 Å². The number of nitrogens with zero attached hydrogens (tertiary/aromatic N) is 3. The molecule has 0 bridgehead atoms. The third-order valence-electron chi connectivity index (χ3n) is 4.24. The van der Waals surface area contributed by atoms with Crippen LogP contribution in [-0.4, -0.2) is 33.2 Å². The van der Waals surface area contributed by atoms with E-state index in [2.05, 4.69) is 15.4 Å². The lowest BCUT2D eigenvalue weighted by Gasteiger charge is -2.12. The number of ether oxygens (including phenoxy) is 1. The third kappa shape index (κ3) is 4.09. The third-order valence-corrected chi connectivity index (χ3v) is 4.48. The molecule has 4 rings (SSSR count). The molecule has 1 heterocycles. The monoisotopic (exact) mass is 406 g/mol. The molecule has 4 aromatic rings. The Morgan fingerprint density at radius 1 is 1.07 bits per heavy atom. The number of rotatable bonds is 5. The molecule has 1 aromatic heterocycles. The largest absolute Gasteiger partial charge is 0.452 e. The highest BCUT2D eigenvalue weighted by atomic mass is 35.5. The second-order valence-corrected chi connectivity index (χ2v) is 6.59. The van der Waals surface area contributed by atoms with Crippen molar-refractivity contribution in [1.29, 1.82) is 0 Å². The molecule has 1 amide bonds. The molecular formula is C21H15ClN4O3. The first-order valence-corrected chi connectivity index (χ1v) is 9.09. The quantitative estimate of drug-likeness (QED) is 0.508. The highest BCUT2D eigenvalue weighted by Gasteiger charge is 2.15. The SMILES string of the molecule is O=C(COC(=O)c1cccc2ccccc12)Nc1cc(Cl)ccc1-n1cncn1. The van der Waals surface area contributed by atoms with Gasteiger partial charge in [-0.15, -0.1) is 0 Å². The summed E-state index contributed by atoms with van der Waals surface area (Å²) in [6.07, 6.45) is 2.88. The van der Waals surface area contributed by atoms with E-state index in [0.717, 1.165) is 10.8 Å². The van der Waals surface area contributed by atoms with Crippen LogP contribution in [0.5, 0.6) is 0 Å². The van der Waals surface area contributed by atoms with E-state index in [4.69, 9.17) is 16.3 Å². The average Bonchev–Trinajstić information content (AvgIpc) is 3.26. The van der Waals surface area contributed by atoms with Crippen molar-refractivity contribution >= 4 is 39.9 Å². The van der Waals surface area contributed by atoms with Crippen LogP contribution in [0.4, 0.5) is 5.69 Å². The first-order valence-electron chi connectivity index (χ1n) is 8.71. The Morgan fingerprint density at radius 3 is 2.72 bits per heavy atom. The van der Waals surface area contributed by atoms with E-state index in [9.17, 15) is 9.59 Å². The standard InChI is InChI=1S/C21H15ClN4O3/c22-15-8-9-19(26-13-23-12-24-26)18(10-15)25-20(27)11-29-21(28)17-7-3-5-14-4-1-2-6-16(14)17/h1-10,12-13H,11H2,(H,25,27). The Labute approximate surface area is 170 Å². The highest BCUT2D eigenvalue weighted by molar-refractivity contribution is 6.31. The molecule has 144 valence electrons. The van der Waals surface area contributed by atoms with Crippen molar-refractivity contribution in [2.75, 3.05) is 11.9 Å². The molecule has 0 unspecified atom stereocenters. The normalized spacial score (nSPS) is 10.7. The first-order chi connectivity index (χ1) is 14.1.